The molecule has 0 bridgehead atoms. The second-order valence-corrected chi connectivity index (χ2v) is 7.59. The highest BCUT2D eigenvalue weighted by molar-refractivity contribution is 6.01. The van der Waals surface area contributed by atoms with Crippen LogP contribution in [0.15, 0.2) is 42.5 Å². The van der Waals surface area contributed by atoms with Crippen LogP contribution in [0.5, 0.6) is 0 Å². The van der Waals surface area contributed by atoms with E-state index in [4.69, 9.17) is 0 Å². The Hall–Kier alpha value is -2.82. The molecule has 1 aliphatic heterocycles. The molecule has 28 heavy (non-hydrogen) atoms. The van der Waals surface area contributed by atoms with Crippen molar-refractivity contribution in [3.8, 4) is 0 Å². The molecule has 0 aromatic heterocycles. The van der Waals surface area contributed by atoms with Crippen molar-refractivity contribution in [3.63, 3.8) is 0 Å². The number of rotatable bonds is 5. The zero-order chi connectivity index (χ0) is 20.1. The summed E-state index contributed by atoms with van der Waals surface area (Å²) in [6, 6.07) is 13.8. The Labute approximate surface area is 167 Å². The van der Waals surface area contributed by atoms with E-state index in [-0.39, 0.29) is 18.4 Å². The van der Waals surface area contributed by atoms with Gasteiger partial charge in [-0.05, 0) is 80.6 Å². The van der Waals surface area contributed by atoms with Gasteiger partial charge in [0.1, 0.15) is 6.54 Å². The molecule has 5 heteroatoms. The second-order valence-electron chi connectivity index (χ2n) is 7.59. The predicted octanol–water partition coefficient (Wildman–Crippen LogP) is 4.29. The molecule has 0 saturated carbocycles. The summed E-state index contributed by atoms with van der Waals surface area (Å²) in [5.41, 5.74) is 4.85. The SMILES string of the molecule is CC(=O)N(CC(=O)Nc1cc(C)cc(C)c1)c1ccc(N2CCCCC2)cc1. The van der Waals surface area contributed by atoms with E-state index in [2.05, 4.69) is 16.3 Å². The van der Waals surface area contributed by atoms with E-state index < -0.39 is 0 Å². The Kier molecular flexibility index (Phi) is 6.34. The van der Waals surface area contributed by atoms with Crippen LogP contribution < -0.4 is 15.1 Å². The number of hydrogen-bond donors (Lipinski definition) is 1. The van der Waals surface area contributed by atoms with E-state index >= 15 is 0 Å². The monoisotopic (exact) mass is 379 g/mol. The number of nitrogens with zero attached hydrogens (tertiary/aromatic N) is 2. The molecule has 1 heterocycles. The fourth-order valence-electron chi connectivity index (χ4n) is 3.77. The number of aryl methyl sites for hydroxylation is 2. The van der Waals surface area contributed by atoms with E-state index in [1.165, 1.54) is 36.8 Å². The summed E-state index contributed by atoms with van der Waals surface area (Å²) in [6.45, 7) is 7.62. The van der Waals surface area contributed by atoms with E-state index in [1.54, 1.807) is 0 Å². The highest BCUT2D eigenvalue weighted by atomic mass is 16.2. The molecule has 1 aliphatic rings. The molecule has 2 aromatic carbocycles. The van der Waals surface area contributed by atoms with Gasteiger partial charge in [-0.3, -0.25) is 9.59 Å². The molecule has 5 nitrogen and oxygen atoms in total. The molecule has 1 fully saturated rings. The molecule has 0 radical (unpaired) electrons. The maximum absolute atomic E-state index is 12.5. The van der Waals surface area contributed by atoms with Crippen molar-refractivity contribution in [2.75, 3.05) is 34.8 Å². The quantitative estimate of drug-likeness (QED) is 0.843. The highest BCUT2D eigenvalue weighted by Crippen LogP contribution is 2.24. The summed E-state index contributed by atoms with van der Waals surface area (Å²) in [7, 11) is 0. The summed E-state index contributed by atoms with van der Waals surface area (Å²) in [6.07, 6.45) is 3.74. The third-order valence-electron chi connectivity index (χ3n) is 5.07. The summed E-state index contributed by atoms with van der Waals surface area (Å²) in [5.74, 6) is -0.360. The van der Waals surface area contributed by atoms with Gasteiger partial charge in [-0.25, -0.2) is 0 Å². The van der Waals surface area contributed by atoms with Gasteiger partial charge in [0.05, 0.1) is 0 Å². The second kappa shape index (κ2) is 8.91. The maximum Gasteiger partial charge on any atom is 0.244 e. The third kappa shape index (κ3) is 5.12. The summed E-state index contributed by atoms with van der Waals surface area (Å²) in [5, 5.41) is 2.90. The Morgan fingerprint density at radius 3 is 2.14 bits per heavy atom. The fourth-order valence-corrected chi connectivity index (χ4v) is 3.77. The van der Waals surface area contributed by atoms with E-state index in [1.807, 2.05) is 50.2 Å². The molecule has 3 rings (SSSR count). The largest absolute Gasteiger partial charge is 0.372 e. The summed E-state index contributed by atoms with van der Waals surface area (Å²) >= 11 is 0. The number of benzene rings is 2. The van der Waals surface area contributed by atoms with Gasteiger partial charge >= 0.3 is 0 Å². The molecule has 0 spiro atoms. The van der Waals surface area contributed by atoms with Crippen molar-refractivity contribution in [2.24, 2.45) is 0 Å². The molecule has 2 aromatic rings. The van der Waals surface area contributed by atoms with Crippen molar-refractivity contribution in [2.45, 2.75) is 40.0 Å². The lowest BCUT2D eigenvalue weighted by atomic mass is 10.1. The van der Waals surface area contributed by atoms with Crippen LogP contribution >= 0.6 is 0 Å². The van der Waals surface area contributed by atoms with Gasteiger partial charge in [-0.15, -0.1) is 0 Å². The van der Waals surface area contributed by atoms with Crippen LogP contribution in [0.25, 0.3) is 0 Å². The highest BCUT2D eigenvalue weighted by Gasteiger charge is 2.17. The standard InChI is InChI=1S/C23H29N3O2/c1-17-13-18(2)15-20(14-17)24-23(28)16-26(19(3)27)22-9-7-21(8-10-22)25-11-5-4-6-12-25/h7-10,13-15H,4-6,11-12,16H2,1-3H3,(H,24,28). The Morgan fingerprint density at radius 1 is 0.964 bits per heavy atom. The van der Waals surface area contributed by atoms with Crippen LogP contribution in [0, 0.1) is 13.8 Å². The average Bonchev–Trinajstić information content (AvgIpc) is 2.66. The van der Waals surface area contributed by atoms with E-state index in [0.717, 1.165) is 35.6 Å². The minimum Gasteiger partial charge on any atom is -0.372 e. The molecule has 1 saturated heterocycles. The molecule has 148 valence electrons. The molecule has 0 aliphatic carbocycles. The number of amides is 2. The first-order valence-corrected chi connectivity index (χ1v) is 9.93. The van der Waals surface area contributed by atoms with Crippen LogP contribution in [0.2, 0.25) is 0 Å². The van der Waals surface area contributed by atoms with Crippen LogP contribution in [0.4, 0.5) is 17.1 Å². The number of carbonyl (C=O) groups excluding carboxylic acids is 2. The van der Waals surface area contributed by atoms with Crippen LogP contribution in [0.3, 0.4) is 0 Å². The number of anilines is 3. The van der Waals surface area contributed by atoms with Crippen LogP contribution in [-0.4, -0.2) is 31.4 Å². The molecular formula is C23H29N3O2. The first kappa shape index (κ1) is 19.9. The molecule has 0 atom stereocenters. The summed E-state index contributed by atoms with van der Waals surface area (Å²) in [4.78, 5) is 28.6. The Balaban J connectivity index is 1.68. The third-order valence-corrected chi connectivity index (χ3v) is 5.07. The smallest absolute Gasteiger partial charge is 0.244 e. The van der Waals surface area contributed by atoms with Gasteiger partial charge in [0.15, 0.2) is 0 Å². The van der Waals surface area contributed by atoms with Crippen molar-refractivity contribution >= 4 is 28.9 Å². The zero-order valence-corrected chi connectivity index (χ0v) is 17.0. The Morgan fingerprint density at radius 2 is 1.57 bits per heavy atom. The lowest BCUT2D eigenvalue weighted by Crippen LogP contribution is -2.36. The first-order valence-electron chi connectivity index (χ1n) is 9.93. The molecule has 0 unspecified atom stereocenters. The van der Waals surface area contributed by atoms with Crippen molar-refractivity contribution < 1.29 is 9.59 Å². The van der Waals surface area contributed by atoms with Gasteiger partial charge in [0.25, 0.3) is 0 Å². The minimum atomic E-state index is -0.208. The maximum atomic E-state index is 12.5. The number of nitrogens with one attached hydrogen (secondary N) is 1. The van der Waals surface area contributed by atoms with Crippen LogP contribution in [0.1, 0.15) is 37.3 Å². The number of carbonyl (C=O) groups is 2. The Bertz CT molecular complexity index is 819. The first-order chi connectivity index (χ1) is 13.4. The molecule has 2 amide bonds. The number of hydrogen-bond acceptors (Lipinski definition) is 3. The van der Waals surface area contributed by atoms with Gasteiger partial charge in [-0.2, -0.15) is 0 Å². The molecule has 1 N–H and O–H groups in total. The zero-order valence-electron chi connectivity index (χ0n) is 17.0. The normalized spacial score (nSPS) is 13.9. The van der Waals surface area contributed by atoms with Gasteiger partial charge in [0, 0.05) is 37.1 Å². The van der Waals surface area contributed by atoms with Gasteiger partial charge in [-0.1, -0.05) is 6.07 Å². The van der Waals surface area contributed by atoms with Crippen molar-refractivity contribution in [1.82, 2.24) is 0 Å². The lowest BCUT2D eigenvalue weighted by Gasteiger charge is -2.29. The van der Waals surface area contributed by atoms with E-state index in [0.29, 0.717) is 0 Å². The predicted molar refractivity (Wildman–Crippen MR) is 115 cm³/mol. The van der Waals surface area contributed by atoms with E-state index in [9.17, 15) is 9.59 Å². The van der Waals surface area contributed by atoms with Crippen LogP contribution in [-0.2, 0) is 9.59 Å². The van der Waals surface area contributed by atoms with Gasteiger partial charge < -0.3 is 15.1 Å². The van der Waals surface area contributed by atoms with Crippen molar-refractivity contribution in [3.05, 3.63) is 53.6 Å². The summed E-state index contributed by atoms with van der Waals surface area (Å²) < 4.78 is 0. The number of piperidine rings is 1. The molecular weight excluding hydrogens is 350 g/mol. The average molecular weight is 380 g/mol. The lowest BCUT2D eigenvalue weighted by molar-refractivity contribution is -0.120. The minimum absolute atomic E-state index is 0.00855. The van der Waals surface area contributed by atoms with Crippen molar-refractivity contribution in [1.29, 1.82) is 0 Å². The van der Waals surface area contributed by atoms with Gasteiger partial charge in [0.2, 0.25) is 11.8 Å². The fraction of sp³-hybridized carbons (Fsp3) is 0.391. The topological polar surface area (TPSA) is 52.7 Å².